The van der Waals surface area contributed by atoms with E-state index in [1.165, 1.54) is 0 Å². The van der Waals surface area contributed by atoms with Crippen molar-refractivity contribution in [3.8, 4) is 6.07 Å². The van der Waals surface area contributed by atoms with Gasteiger partial charge in [-0.2, -0.15) is 18.4 Å². The fraction of sp³-hybridized carbons (Fsp3) is 0.905. The lowest BCUT2D eigenvalue weighted by atomic mass is 9.78. The summed E-state index contributed by atoms with van der Waals surface area (Å²) >= 11 is 6.03. The number of piperazine rings is 1. The molecule has 7 nitrogen and oxygen atoms in total. The van der Waals surface area contributed by atoms with Crippen LogP contribution in [0.4, 0.5) is 13.2 Å². The summed E-state index contributed by atoms with van der Waals surface area (Å²) in [5, 5.41) is 21.7. The van der Waals surface area contributed by atoms with Crippen molar-refractivity contribution in [3.05, 3.63) is 0 Å². The molecule has 6 unspecified atom stereocenters. The number of halogens is 4. The first-order chi connectivity index (χ1) is 15.2. The Labute approximate surface area is 191 Å². The number of nitriles is 1. The number of nitrogens with zero attached hydrogens (tertiary/aromatic N) is 2. The number of alkyl halides is 4. The molecule has 2 saturated carbocycles. The minimum absolute atomic E-state index is 0.0166. The van der Waals surface area contributed by atoms with Crippen molar-refractivity contribution in [2.45, 2.75) is 56.0 Å². The van der Waals surface area contributed by atoms with E-state index >= 15 is 0 Å². The van der Waals surface area contributed by atoms with Gasteiger partial charge >= 0.3 is 6.18 Å². The monoisotopic (exact) mass is 476 g/mol. The fourth-order valence-corrected chi connectivity index (χ4v) is 5.71. The number of rotatable bonds is 5. The Morgan fingerprint density at radius 1 is 1.25 bits per heavy atom. The maximum Gasteiger partial charge on any atom is 0.393 e. The van der Waals surface area contributed by atoms with Crippen molar-refractivity contribution in [1.82, 2.24) is 26.2 Å². The quantitative estimate of drug-likeness (QED) is 0.448. The average Bonchev–Trinajstić information content (AvgIpc) is 3.59. The standard InChI is InChI=1S/C21H32ClF3N6O/c22-16-2-1-13(9-15(16)21(23,24)25)17-28-10-14(11-29-19(32)20(12-26)3-4-20)18(30-17)31-7-5-27-6-8-31/h13-18,27-28,30H,1-11H2,(H,29,32). The molecule has 0 aromatic heterocycles. The van der Waals surface area contributed by atoms with Crippen LogP contribution in [0.5, 0.6) is 0 Å². The van der Waals surface area contributed by atoms with Gasteiger partial charge in [-0.05, 0) is 38.0 Å². The highest BCUT2D eigenvalue weighted by atomic mass is 35.5. The van der Waals surface area contributed by atoms with E-state index in [1.807, 2.05) is 0 Å². The number of carbonyl (C=O) groups excluding carboxylic acids is 1. The van der Waals surface area contributed by atoms with Gasteiger partial charge in [0.1, 0.15) is 5.41 Å². The Bertz CT molecular complexity index is 721. The van der Waals surface area contributed by atoms with E-state index in [0.29, 0.717) is 38.8 Å². The molecule has 4 aliphatic rings. The maximum absolute atomic E-state index is 13.5. The SMILES string of the molecule is N#CC1(C(=O)NCC2CNC(C3CCC(Cl)C(C(F)(F)F)C3)NC2N2CCNCC2)CC1. The second-order valence-corrected chi connectivity index (χ2v) is 10.2. The highest BCUT2D eigenvalue weighted by molar-refractivity contribution is 6.20. The number of amides is 1. The van der Waals surface area contributed by atoms with Gasteiger partial charge in [-0.15, -0.1) is 11.6 Å². The van der Waals surface area contributed by atoms with Gasteiger partial charge in [-0.25, -0.2) is 0 Å². The Hall–Kier alpha value is -1.12. The predicted molar refractivity (Wildman–Crippen MR) is 113 cm³/mol. The Morgan fingerprint density at radius 2 is 1.97 bits per heavy atom. The number of hydrogen-bond donors (Lipinski definition) is 4. The van der Waals surface area contributed by atoms with Gasteiger partial charge in [0.05, 0.1) is 24.3 Å². The first-order valence-corrected chi connectivity index (χ1v) is 12.0. The molecular weight excluding hydrogens is 445 g/mol. The lowest BCUT2D eigenvalue weighted by molar-refractivity contribution is -0.186. The molecule has 2 aliphatic heterocycles. The molecule has 180 valence electrons. The smallest absolute Gasteiger partial charge is 0.354 e. The molecule has 11 heteroatoms. The van der Waals surface area contributed by atoms with Gasteiger partial charge in [-0.1, -0.05) is 0 Å². The second kappa shape index (κ2) is 9.63. The first-order valence-electron chi connectivity index (χ1n) is 11.6. The zero-order valence-electron chi connectivity index (χ0n) is 18.1. The lowest BCUT2D eigenvalue weighted by Gasteiger charge is -2.48. The zero-order chi connectivity index (χ0) is 22.9. The molecule has 4 fully saturated rings. The van der Waals surface area contributed by atoms with Crippen LogP contribution in [0.2, 0.25) is 0 Å². The predicted octanol–water partition coefficient (Wildman–Crippen LogP) is 1.36. The molecule has 0 spiro atoms. The van der Waals surface area contributed by atoms with Crippen LogP contribution < -0.4 is 21.3 Å². The van der Waals surface area contributed by atoms with Crippen LogP contribution in [-0.4, -0.2) is 74.0 Å². The van der Waals surface area contributed by atoms with E-state index in [-0.39, 0.29) is 36.5 Å². The summed E-state index contributed by atoms with van der Waals surface area (Å²) in [4.78, 5) is 14.8. The largest absolute Gasteiger partial charge is 0.393 e. The van der Waals surface area contributed by atoms with E-state index in [0.717, 1.165) is 26.2 Å². The van der Waals surface area contributed by atoms with Crippen LogP contribution >= 0.6 is 11.6 Å². The number of nitrogens with one attached hydrogen (secondary N) is 4. The minimum Gasteiger partial charge on any atom is -0.354 e. The molecular formula is C21H32ClF3N6O. The van der Waals surface area contributed by atoms with Gasteiger partial charge in [0.25, 0.3) is 0 Å². The Morgan fingerprint density at radius 3 is 2.59 bits per heavy atom. The third-order valence-electron chi connectivity index (χ3n) is 7.56. The number of carbonyl (C=O) groups is 1. The molecule has 6 atom stereocenters. The summed E-state index contributed by atoms with van der Waals surface area (Å²) in [7, 11) is 0. The summed E-state index contributed by atoms with van der Waals surface area (Å²) in [5.41, 5.74) is -0.866. The van der Waals surface area contributed by atoms with Crippen LogP contribution in [0.15, 0.2) is 0 Å². The lowest BCUT2D eigenvalue weighted by Crippen LogP contribution is -2.69. The summed E-state index contributed by atoms with van der Waals surface area (Å²) in [6.07, 6.45) is -2.36. The molecule has 2 saturated heterocycles. The molecule has 0 bridgehead atoms. The van der Waals surface area contributed by atoms with E-state index < -0.39 is 22.9 Å². The summed E-state index contributed by atoms with van der Waals surface area (Å²) in [6, 6.07) is 2.12. The van der Waals surface area contributed by atoms with Crippen LogP contribution in [0.1, 0.15) is 32.1 Å². The summed E-state index contributed by atoms with van der Waals surface area (Å²) in [5.74, 6) is -1.81. The van der Waals surface area contributed by atoms with Gasteiger partial charge in [0.15, 0.2) is 0 Å². The van der Waals surface area contributed by atoms with Crippen molar-refractivity contribution in [1.29, 1.82) is 5.26 Å². The molecule has 0 aromatic rings. The van der Waals surface area contributed by atoms with Gasteiger partial charge in [0.2, 0.25) is 5.91 Å². The van der Waals surface area contributed by atoms with E-state index in [1.54, 1.807) is 0 Å². The number of hydrogen-bond acceptors (Lipinski definition) is 6. The van der Waals surface area contributed by atoms with Crippen molar-refractivity contribution >= 4 is 17.5 Å². The Balaban J connectivity index is 1.41. The van der Waals surface area contributed by atoms with E-state index in [4.69, 9.17) is 11.6 Å². The van der Waals surface area contributed by atoms with Crippen LogP contribution in [-0.2, 0) is 4.79 Å². The van der Waals surface area contributed by atoms with E-state index in [2.05, 4.69) is 32.2 Å². The third kappa shape index (κ3) is 5.17. The second-order valence-electron chi connectivity index (χ2n) is 9.68. The van der Waals surface area contributed by atoms with Crippen molar-refractivity contribution < 1.29 is 18.0 Å². The van der Waals surface area contributed by atoms with E-state index in [9.17, 15) is 23.2 Å². The minimum atomic E-state index is -4.29. The molecule has 2 aliphatic carbocycles. The molecule has 32 heavy (non-hydrogen) atoms. The summed E-state index contributed by atoms with van der Waals surface area (Å²) < 4.78 is 40.4. The molecule has 4 N–H and O–H groups in total. The van der Waals surface area contributed by atoms with Crippen molar-refractivity contribution in [2.24, 2.45) is 23.2 Å². The average molecular weight is 477 g/mol. The Kier molecular flexibility index (Phi) is 7.23. The van der Waals surface area contributed by atoms with Crippen LogP contribution in [0.3, 0.4) is 0 Å². The molecule has 2 heterocycles. The molecule has 4 rings (SSSR count). The molecule has 0 aromatic carbocycles. The van der Waals surface area contributed by atoms with Crippen molar-refractivity contribution in [2.75, 3.05) is 39.3 Å². The topological polar surface area (TPSA) is 92.2 Å². The van der Waals surface area contributed by atoms with Crippen LogP contribution in [0, 0.1) is 34.5 Å². The van der Waals surface area contributed by atoms with Gasteiger partial charge < -0.3 is 16.0 Å². The third-order valence-corrected chi connectivity index (χ3v) is 8.09. The molecule has 1 amide bonds. The fourth-order valence-electron chi connectivity index (χ4n) is 5.33. The first kappa shape index (κ1) is 24.0. The van der Waals surface area contributed by atoms with Gasteiger partial charge in [-0.3, -0.25) is 15.0 Å². The highest BCUT2D eigenvalue weighted by Crippen LogP contribution is 2.45. The van der Waals surface area contributed by atoms with Crippen molar-refractivity contribution in [3.63, 3.8) is 0 Å². The molecule has 0 radical (unpaired) electrons. The summed E-state index contributed by atoms with van der Waals surface area (Å²) in [6.45, 7) is 4.36. The zero-order valence-corrected chi connectivity index (χ0v) is 18.8. The van der Waals surface area contributed by atoms with Gasteiger partial charge in [0, 0.05) is 50.6 Å². The maximum atomic E-state index is 13.5. The van der Waals surface area contributed by atoms with Crippen LogP contribution in [0.25, 0.3) is 0 Å². The normalized spacial score (nSPS) is 38.0. The highest BCUT2D eigenvalue weighted by Gasteiger charge is 2.51.